The molecule has 1 saturated heterocycles. The Bertz CT molecular complexity index is 500. The number of hydrogen-bond donors (Lipinski definition) is 2. The Balaban J connectivity index is 2.04. The van der Waals surface area contributed by atoms with Crippen LogP contribution in [0.1, 0.15) is 6.42 Å². The highest BCUT2D eigenvalue weighted by Gasteiger charge is 2.45. The third kappa shape index (κ3) is 1.70. The SMILES string of the molecule is O=C1Nc2cc(I)c(F)cc2NC12CCOC2. The maximum absolute atomic E-state index is 13.5. The van der Waals surface area contributed by atoms with Crippen LogP contribution in [0.25, 0.3) is 0 Å². The number of rotatable bonds is 0. The maximum Gasteiger partial charge on any atom is 0.252 e. The molecule has 4 nitrogen and oxygen atoms in total. The molecular formula is C11H10FIN2O2. The Morgan fingerprint density at radius 3 is 2.94 bits per heavy atom. The van der Waals surface area contributed by atoms with E-state index in [9.17, 15) is 9.18 Å². The summed E-state index contributed by atoms with van der Waals surface area (Å²) in [5.41, 5.74) is 0.512. The molecule has 17 heavy (non-hydrogen) atoms. The van der Waals surface area contributed by atoms with Gasteiger partial charge in [0.1, 0.15) is 11.4 Å². The van der Waals surface area contributed by atoms with Crippen molar-refractivity contribution in [3.8, 4) is 0 Å². The summed E-state index contributed by atoms with van der Waals surface area (Å²) in [5, 5.41) is 5.92. The van der Waals surface area contributed by atoms with Crippen molar-refractivity contribution < 1.29 is 13.9 Å². The van der Waals surface area contributed by atoms with Crippen LogP contribution in [-0.4, -0.2) is 24.7 Å². The molecular weight excluding hydrogens is 338 g/mol. The van der Waals surface area contributed by atoms with E-state index in [2.05, 4.69) is 10.6 Å². The smallest absolute Gasteiger partial charge is 0.252 e. The van der Waals surface area contributed by atoms with Gasteiger partial charge >= 0.3 is 0 Å². The molecule has 2 aliphatic heterocycles. The largest absolute Gasteiger partial charge is 0.378 e. The van der Waals surface area contributed by atoms with E-state index in [1.807, 2.05) is 22.6 Å². The lowest BCUT2D eigenvalue weighted by Crippen LogP contribution is -2.53. The highest BCUT2D eigenvalue weighted by Crippen LogP contribution is 2.36. The van der Waals surface area contributed by atoms with Gasteiger partial charge < -0.3 is 15.4 Å². The van der Waals surface area contributed by atoms with E-state index in [0.717, 1.165) is 0 Å². The zero-order valence-electron chi connectivity index (χ0n) is 8.85. The van der Waals surface area contributed by atoms with E-state index >= 15 is 0 Å². The number of carbonyl (C=O) groups excluding carboxylic acids is 1. The molecule has 2 aliphatic rings. The lowest BCUT2D eigenvalue weighted by atomic mass is 9.94. The van der Waals surface area contributed by atoms with E-state index < -0.39 is 5.54 Å². The first-order valence-corrected chi connectivity index (χ1v) is 6.35. The normalized spacial score (nSPS) is 26.6. The number of amides is 1. The highest BCUT2D eigenvalue weighted by molar-refractivity contribution is 14.1. The first kappa shape index (κ1) is 11.2. The minimum atomic E-state index is -0.730. The van der Waals surface area contributed by atoms with Crippen molar-refractivity contribution in [2.24, 2.45) is 0 Å². The van der Waals surface area contributed by atoms with Gasteiger partial charge in [0, 0.05) is 19.1 Å². The summed E-state index contributed by atoms with van der Waals surface area (Å²) in [6.45, 7) is 0.870. The third-order valence-electron chi connectivity index (χ3n) is 3.14. The standard InChI is InChI=1S/C11H10FIN2O2/c12-6-3-9-8(4-7(6)13)14-10(16)11(15-9)1-2-17-5-11/h3-4,15H,1-2,5H2,(H,14,16). The fourth-order valence-electron chi connectivity index (χ4n) is 2.15. The number of anilines is 2. The fraction of sp³-hybridized carbons (Fsp3) is 0.364. The van der Waals surface area contributed by atoms with Gasteiger partial charge in [0.15, 0.2) is 0 Å². The van der Waals surface area contributed by atoms with Crippen molar-refractivity contribution in [3.63, 3.8) is 0 Å². The average molecular weight is 348 g/mol. The second kappa shape index (κ2) is 3.81. The van der Waals surface area contributed by atoms with Crippen molar-refractivity contribution in [1.29, 1.82) is 0 Å². The topological polar surface area (TPSA) is 50.4 Å². The van der Waals surface area contributed by atoms with Gasteiger partial charge in [-0.1, -0.05) is 0 Å². The number of benzene rings is 1. The van der Waals surface area contributed by atoms with Crippen LogP contribution in [0.5, 0.6) is 0 Å². The molecule has 2 N–H and O–H groups in total. The molecule has 1 unspecified atom stereocenters. The Labute approximate surface area is 111 Å². The quantitative estimate of drug-likeness (QED) is 0.705. The Hall–Kier alpha value is -0.890. The minimum Gasteiger partial charge on any atom is -0.378 e. The molecule has 1 amide bonds. The molecule has 1 atom stereocenters. The molecule has 0 aliphatic carbocycles. The van der Waals surface area contributed by atoms with Crippen LogP contribution in [0, 0.1) is 9.39 Å². The highest BCUT2D eigenvalue weighted by atomic mass is 127. The van der Waals surface area contributed by atoms with Crippen LogP contribution in [0.4, 0.5) is 15.8 Å². The predicted molar refractivity (Wildman–Crippen MR) is 69.5 cm³/mol. The maximum atomic E-state index is 13.5. The number of hydrogen-bond acceptors (Lipinski definition) is 3. The summed E-state index contributed by atoms with van der Waals surface area (Å²) >= 11 is 1.90. The summed E-state index contributed by atoms with van der Waals surface area (Å²) in [6, 6.07) is 3.04. The van der Waals surface area contributed by atoms with Crippen molar-refractivity contribution in [2.75, 3.05) is 23.8 Å². The summed E-state index contributed by atoms with van der Waals surface area (Å²) in [5.74, 6) is -0.396. The lowest BCUT2D eigenvalue weighted by molar-refractivity contribution is -0.120. The number of halogens is 2. The summed E-state index contributed by atoms with van der Waals surface area (Å²) in [7, 11) is 0. The molecule has 0 saturated carbocycles. The Morgan fingerprint density at radius 2 is 2.24 bits per heavy atom. The molecule has 1 aromatic carbocycles. The van der Waals surface area contributed by atoms with Crippen molar-refractivity contribution in [3.05, 3.63) is 21.5 Å². The molecule has 0 aromatic heterocycles. The first-order chi connectivity index (χ1) is 8.11. The first-order valence-electron chi connectivity index (χ1n) is 5.27. The van der Waals surface area contributed by atoms with Gasteiger partial charge in [-0.05, 0) is 28.7 Å². The van der Waals surface area contributed by atoms with Gasteiger partial charge in [-0.3, -0.25) is 4.79 Å². The second-order valence-corrected chi connectivity index (χ2v) is 5.44. The van der Waals surface area contributed by atoms with Crippen LogP contribution in [0.15, 0.2) is 12.1 Å². The Morgan fingerprint density at radius 1 is 1.41 bits per heavy atom. The number of carbonyl (C=O) groups is 1. The average Bonchev–Trinajstić information content (AvgIpc) is 2.73. The monoisotopic (exact) mass is 348 g/mol. The zero-order chi connectivity index (χ0) is 12.0. The van der Waals surface area contributed by atoms with Gasteiger partial charge in [-0.15, -0.1) is 0 Å². The van der Waals surface area contributed by atoms with Crippen LogP contribution in [0.2, 0.25) is 0 Å². The summed E-state index contributed by atoms with van der Waals surface area (Å²) in [4.78, 5) is 12.0. The predicted octanol–water partition coefficient (Wildman–Crippen LogP) is 1.95. The molecule has 90 valence electrons. The van der Waals surface area contributed by atoms with Gasteiger partial charge in [-0.2, -0.15) is 0 Å². The van der Waals surface area contributed by atoms with Crippen molar-refractivity contribution in [2.45, 2.75) is 12.0 Å². The molecule has 1 spiro atoms. The molecule has 2 heterocycles. The zero-order valence-corrected chi connectivity index (χ0v) is 11.0. The molecule has 0 bridgehead atoms. The molecule has 6 heteroatoms. The number of fused-ring (bicyclic) bond motifs is 1. The third-order valence-corrected chi connectivity index (χ3v) is 3.97. The summed E-state index contributed by atoms with van der Waals surface area (Å²) < 4.78 is 19.2. The van der Waals surface area contributed by atoms with Gasteiger partial charge in [-0.25, -0.2) is 4.39 Å². The minimum absolute atomic E-state index is 0.107. The Kier molecular flexibility index (Phi) is 2.51. The molecule has 0 radical (unpaired) electrons. The molecule has 1 aromatic rings. The molecule has 3 rings (SSSR count). The lowest BCUT2D eigenvalue weighted by Gasteiger charge is -2.34. The van der Waals surface area contributed by atoms with Crippen LogP contribution < -0.4 is 10.6 Å². The fourth-order valence-corrected chi connectivity index (χ4v) is 2.62. The van der Waals surface area contributed by atoms with Crippen LogP contribution in [0.3, 0.4) is 0 Å². The van der Waals surface area contributed by atoms with E-state index in [0.29, 0.717) is 34.6 Å². The van der Waals surface area contributed by atoms with Gasteiger partial charge in [0.05, 0.1) is 21.6 Å². The van der Waals surface area contributed by atoms with Crippen molar-refractivity contribution >= 4 is 39.9 Å². The van der Waals surface area contributed by atoms with Crippen molar-refractivity contribution in [1.82, 2.24) is 0 Å². The second-order valence-electron chi connectivity index (χ2n) is 4.28. The van der Waals surface area contributed by atoms with E-state index in [4.69, 9.17) is 4.74 Å². The van der Waals surface area contributed by atoms with Crippen LogP contribution in [-0.2, 0) is 9.53 Å². The number of ether oxygens (including phenoxy) is 1. The van der Waals surface area contributed by atoms with Crippen LogP contribution >= 0.6 is 22.6 Å². The van der Waals surface area contributed by atoms with Gasteiger partial charge in [0.25, 0.3) is 5.91 Å². The van der Waals surface area contributed by atoms with E-state index in [-0.39, 0.29) is 11.7 Å². The molecule has 1 fully saturated rings. The number of nitrogens with one attached hydrogen (secondary N) is 2. The van der Waals surface area contributed by atoms with Gasteiger partial charge in [0.2, 0.25) is 0 Å². The summed E-state index contributed by atoms with van der Waals surface area (Å²) in [6.07, 6.45) is 0.603. The van der Waals surface area contributed by atoms with E-state index in [1.54, 1.807) is 6.07 Å². The van der Waals surface area contributed by atoms with E-state index in [1.165, 1.54) is 6.07 Å².